The molecule has 0 saturated heterocycles. The number of imidazole rings is 1. The van der Waals surface area contributed by atoms with E-state index in [0.29, 0.717) is 19.0 Å². The molecule has 1 aliphatic rings. The Labute approximate surface area is 144 Å². The minimum Gasteiger partial charge on any atom is -0.383 e. The average Bonchev–Trinajstić information content (AvgIpc) is 2.75. The number of methoxy groups -OCH3 is 1. The molecule has 22 heavy (non-hydrogen) atoms. The van der Waals surface area contributed by atoms with Crippen molar-refractivity contribution in [2.75, 3.05) is 20.3 Å². The van der Waals surface area contributed by atoms with Gasteiger partial charge in [-0.3, -0.25) is 4.79 Å². The summed E-state index contributed by atoms with van der Waals surface area (Å²) >= 11 is 0. The Morgan fingerprint density at radius 2 is 2.05 bits per heavy atom. The zero-order valence-corrected chi connectivity index (χ0v) is 15.2. The quantitative estimate of drug-likeness (QED) is 0.884. The van der Waals surface area contributed by atoms with Gasteiger partial charge in [0.2, 0.25) is 5.91 Å². The van der Waals surface area contributed by atoms with Gasteiger partial charge in [0.15, 0.2) is 0 Å². The lowest BCUT2D eigenvalue weighted by atomic mass is 10.1. The van der Waals surface area contributed by atoms with Crippen LogP contribution >= 0.6 is 24.8 Å². The Kier molecular flexibility index (Phi) is 8.39. The summed E-state index contributed by atoms with van der Waals surface area (Å²) in [6, 6.07) is -0.588. The Bertz CT molecular complexity index is 505. The summed E-state index contributed by atoms with van der Waals surface area (Å²) in [5, 5.41) is 0. The third kappa shape index (κ3) is 4.13. The average molecular weight is 353 g/mol. The first-order chi connectivity index (χ1) is 9.45. The van der Waals surface area contributed by atoms with Crippen molar-refractivity contribution in [2.45, 2.75) is 38.8 Å². The maximum Gasteiger partial charge on any atom is 0.242 e. The number of halogens is 2. The summed E-state index contributed by atoms with van der Waals surface area (Å²) in [4.78, 5) is 18.7. The maximum absolute atomic E-state index is 12.2. The summed E-state index contributed by atoms with van der Waals surface area (Å²) in [6.45, 7) is 5.75. The van der Waals surface area contributed by atoms with Crippen molar-refractivity contribution in [2.24, 2.45) is 12.8 Å². The first-order valence-corrected chi connectivity index (χ1v) is 7.03. The molecule has 1 aliphatic heterocycles. The Morgan fingerprint density at radius 3 is 2.59 bits per heavy atom. The molecular weight excluding hydrogens is 327 g/mol. The highest BCUT2D eigenvalue weighted by atomic mass is 35.5. The van der Waals surface area contributed by atoms with Gasteiger partial charge >= 0.3 is 0 Å². The number of carbonyl (C=O) groups is 1. The maximum atomic E-state index is 12.2. The van der Waals surface area contributed by atoms with Gasteiger partial charge in [-0.25, -0.2) is 4.98 Å². The standard InChI is InChI=1S/C14H24N4O2.2ClH/c1-9(2)13-16-11-7-18(6-5-12(11)17(13)3)14(19)10(15)8-20-4;;/h9-10H,5-8,15H2,1-4H3;2*1H. The summed E-state index contributed by atoms with van der Waals surface area (Å²) in [6.07, 6.45) is 0.830. The molecule has 1 amide bonds. The normalized spacial score (nSPS) is 14.9. The minimum atomic E-state index is -0.588. The number of fused-ring (bicyclic) bond motifs is 1. The molecule has 0 aliphatic carbocycles. The van der Waals surface area contributed by atoms with Gasteiger partial charge in [-0.05, 0) is 0 Å². The number of carbonyl (C=O) groups excluding carboxylic acids is 1. The molecule has 0 fully saturated rings. The molecule has 0 radical (unpaired) electrons. The van der Waals surface area contributed by atoms with Gasteiger partial charge in [-0.2, -0.15) is 0 Å². The fourth-order valence-corrected chi connectivity index (χ4v) is 2.74. The molecule has 1 unspecified atom stereocenters. The third-order valence-electron chi connectivity index (χ3n) is 3.78. The molecule has 0 bridgehead atoms. The smallest absolute Gasteiger partial charge is 0.242 e. The Balaban J connectivity index is 0.00000220. The summed E-state index contributed by atoms with van der Waals surface area (Å²) in [5.41, 5.74) is 8.05. The number of rotatable bonds is 4. The molecule has 1 aromatic rings. The number of aromatic nitrogens is 2. The summed E-state index contributed by atoms with van der Waals surface area (Å²) in [5.74, 6) is 1.39. The van der Waals surface area contributed by atoms with Gasteiger partial charge in [0, 0.05) is 38.7 Å². The van der Waals surface area contributed by atoms with E-state index in [4.69, 9.17) is 10.5 Å². The van der Waals surface area contributed by atoms with Crippen molar-refractivity contribution in [3.8, 4) is 0 Å². The van der Waals surface area contributed by atoms with E-state index in [2.05, 4.69) is 30.4 Å². The van der Waals surface area contributed by atoms with Crippen molar-refractivity contribution in [3.63, 3.8) is 0 Å². The molecule has 1 atom stereocenters. The lowest BCUT2D eigenvalue weighted by molar-refractivity contribution is -0.134. The van der Waals surface area contributed by atoms with Crippen LogP contribution in [0.2, 0.25) is 0 Å². The number of nitrogens with two attached hydrogens (primary N) is 1. The van der Waals surface area contributed by atoms with Crippen LogP contribution in [0, 0.1) is 0 Å². The van der Waals surface area contributed by atoms with Crippen LogP contribution in [0.15, 0.2) is 0 Å². The molecular formula is C14H26Cl2N4O2. The van der Waals surface area contributed by atoms with E-state index in [9.17, 15) is 4.79 Å². The van der Waals surface area contributed by atoms with Crippen molar-refractivity contribution in [1.82, 2.24) is 14.5 Å². The van der Waals surface area contributed by atoms with E-state index < -0.39 is 6.04 Å². The van der Waals surface area contributed by atoms with Crippen LogP contribution in [-0.2, 0) is 29.5 Å². The van der Waals surface area contributed by atoms with Crippen LogP contribution < -0.4 is 5.73 Å². The van der Waals surface area contributed by atoms with Gasteiger partial charge in [0.1, 0.15) is 11.9 Å². The van der Waals surface area contributed by atoms with Gasteiger partial charge in [-0.1, -0.05) is 13.8 Å². The Hall–Kier alpha value is -0.820. The van der Waals surface area contributed by atoms with Crippen molar-refractivity contribution in [1.29, 1.82) is 0 Å². The topological polar surface area (TPSA) is 73.4 Å². The van der Waals surface area contributed by atoms with Crippen LogP contribution in [-0.4, -0.2) is 46.7 Å². The van der Waals surface area contributed by atoms with Gasteiger partial charge in [0.25, 0.3) is 0 Å². The van der Waals surface area contributed by atoms with Crippen LogP contribution in [0.4, 0.5) is 0 Å². The second-order valence-electron chi connectivity index (χ2n) is 5.65. The number of ether oxygens (including phenoxy) is 1. The molecule has 1 aromatic heterocycles. The molecule has 2 heterocycles. The highest BCUT2D eigenvalue weighted by Crippen LogP contribution is 2.23. The zero-order chi connectivity index (χ0) is 14.9. The predicted octanol–water partition coefficient (Wildman–Crippen LogP) is 1.25. The molecule has 128 valence electrons. The van der Waals surface area contributed by atoms with Crippen LogP contribution in [0.3, 0.4) is 0 Å². The van der Waals surface area contributed by atoms with Gasteiger partial charge < -0.3 is 19.9 Å². The molecule has 6 nitrogen and oxygen atoms in total. The van der Waals surface area contributed by atoms with E-state index in [1.807, 2.05) is 0 Å². The monoisotopic (exact) mass is 352 g/mol. The predicted molar refractivity (Wildman–Crippen MR) is 90.8 cm³/mol. The number of amides is 1. The van der Waals surface area contributed by atoms with Crippen molar-refractivity contribution in [3.05, 3.63) is 17.2 Å². The third-order valence-corrected chi connectivity index (χ3v) is 3.78. The van der Waals surface area contributed by atoms with E-state index in [0.717, 1.165) is 17.9 Å². The molecule has 2 rings (SSSR count). The van der Waals surface area contributed by atoms with Crippen LogP contribution in [0.1, 0.15) is 37.0 Å². The molecule has 2 N–H and O–H groups in total. The lowest BCUT2D eigenvalue weighted by Gasteiger charge is -2.28. The first kappa shape index (κ1) is 21.2. The Morgan fingerprint density at radius 1 is 1.41 bits per heavy atom. The van der Waals surface area contributed by atoms with Gasteiger partial charge in [-0.15, -0.1) is 24.8 Å². The fourth-order valence-electron chi connectivity index (χ4n) is 2.74. The fraction of sp³-hybridized carbons (Fsp3) is 0.714. The zero-order valence-electron chi connectivity index (χ0n) is 13.5. The minimum absolute atomic E-state index is 0. The lowest BCUT2D eigenvalue weighted by Crippen LogP contribution is -2.47. The number of nitrogens with zero attached hydrogens (tertiary/aromatic N) is 3. The summed E-state index contributed by atoms with van der Waals surface area (Å²) in [7, 11) is 3.60. The SMILES string of the molecule is COCC(N)C(=O)N1CCc2c(nc(C(C)C)n2C)C1.Cl.Cl. The van der Waals surface area contributed by atoms with E-state index in [-0.39, 0.29) is 37.3 Å². The molecule has 8 heteroatoms. The second-order valence-corrected chi connectivity index (χ2v) is 5.65. The second kappa shape index (κ2) is 8.72. The van der Waals surface area contributed by atoms with Crippen molar-refractivity contribution < 1.29 is 9.53 Å². The highest BCUT2D eigenvalue weighted by molar-refractivity contribution is 5.85. The summed E-state index contributed by atoms with van der Waals surface area (Å²) < 4.78 is 7.11. The van der Waals surface area contributed by atoms with E-state index in [1.54, 1.807) is 12.0 Å². The number of hydrogen-bond donors (Lipinski definition) is 1. The molecule has 0 spiro atoms. The van der Waals surface area contributed by atoms with Gasteiger partial charge in [0.05, 0.1) is 18.8 Å². The first-order valence-electron chi connectivity index (χ1n) is 7.03. The van der Waals surface area contributed by atoms with E-state index in [1.165, 1.54) is 5.69 Å². The molecule has 0 saturated carbocycles. The largest absolute Gasteiger partial charge is 0.383 e. The van der Waals surface area contributed by atoms with Crippen LogP contribution in [0.25, 0.3) is 0 Å². The highest BCUT2D eigenvalue weighted by Gasteiger charge is 2.28. The van der Waals surface area contributed by atoms with E-state index >= 15 is 0 Å². The van der Waals surface area contributed by atoms with Crippen LogP contribution in [0.5, 0.6) is 0 Å². The number of hydrogen-bond acceptors (Lipinski definition) is 4. The molecule has 0 aromatic carbocycles. The van der Waals surface area contributed by atoms with Crippen molar-refractivity contribution >= 4 is 30.7 Å².